The summed E-state index contributed by atoms with van der Waals surface area (Å²) in [6, 6.07) is 36.3. The quantitative estimate of drug-likeness (QED) is 0.0967. The van der Waals surface area contributed by atoms with Crippen molar-refractivity contribution < 1.29 is 9.59 Å². The van der Waals surface area contributed by atoms with Crippen LogP contribution in [-0.2, 0) is 0 Å². The SMILES string of the molecule is C=CC(=CC)c1c2c(c(-c3ccccc3)c3ccccc13)-c1ccc3c4ccc5c6c(ccc(c7ccc-2c1c73)c64)C(=O)NC5=O. The van der Waals surface area contributed by atoms with E-state index in [-0.39, 0.29) is 11.8 Å². The minimum atomic E-state index is -0.341. The molecule has 0 unspecified atom stereocenters. The monoisotopic (exact) mass is 587 g/mol. The van der Waals surface area contributed by atoms with Gasteiger partial charge in [-0.25, -0.2) is 0 Å². The van der Waals surface area contributed by atoms with Gasteiger partial charge in [-0.3, -0.25) is 14.9 Å². The van der Waals surface area contributed by atoms with Gasteiger partial charge in [-0.1, -0.05) is 110 Å². The first kappa shape index (κ1) is 25.3. The zero-order valence-corrected chi connectivity index (χ0v) is 25.0. The van der Waals surface area contributed by atoms with E-state index in [1.807, 2.05) is 18.2 Å². The lowest BCUT2D eigenvalue weighted by atomic mass is 9.82. The maximum Gasteiger partial charge on any atom is 0.258 e. The highest BCUT2D eigenvalue weighted by Crippen LogP contribution is 2.59. The summed E-state index contributed by atoms with van der Waals surface area (Å²) in [6.07, 6.45) is 4.13. The fraction of sp³-hybridized carbons (Fsp3) is 0.0233. The van der Waals surface area contributed by atoms with Gasteiger partial charge in [-0.15, -0.1) is 0 Å². The molecule has 0 saturated carbocycles. The Morgan fingerprint density at radius 3 is 1.59 bits per heavy atom. The molecule has 10 rings (SSSR count). The Labute approximate surface area is 264 Å². The van der Waals surface area contributed by atoms with E-state index >= 15 is 0 Å². The second kappa shape index (κ2) is 8.77. The van der Waals surface area contributed by atoms with Crippen LogP contribution in [0.2, 0.25) is 0 Å². The molecular formula is C43H25NO2. The normalized spacial score (nSPS) is 13.8. The van der Waals surface area contributed by atoms with E-state index in [0.717, 1.165) is 37.9 Å². The van der Waals surface area contributed by atoms with E-state index < -0.39 is 0 Å². The molecule has 0 fully saturated rings. The molecule has 0 spiro atoms. The number of hydrogen-bond donors (Lipinski definition) is 1. The fourth-order valence-electron chi connectivity index (χ4n) is 8.47. The van der Waals surface area contributed by atoms with Gasteiger partial charge >= 0.3 is 0 Å². The van der Waals surface area contributed by atoms with Crippen molar-refractivity contribution in [2.45, 2.75) is 6.92 Å². The summed E-state index contributed by atoms with van der Waals surface area (Å²) in [5.41, 5.74) is 10.8. The number of rotatable bonds is 3. The maximum atomic E-state index is 12.9. The van der Waals surface area contributed by atoms with Gasteiger partial charge in [-0.05, 0) is 112 Å². The van der Waals surface area contributed by atoms with Crippen molar-refractivity contribution in [2.75, 3.05) is 0 Å². The van der Waals surface area contributed by atoms with Crippen LogP contribution in [0.5, 0.6) is 0 Å². The molecule has 0 aromatic heterocycles. The summed E-state index contributed by atoms with van der Waals surface area (Å²) in [5.74, 6) is -0.683. The van der Waals surface area contributed by atoms with Crippen LogP contribution >= 0.6 is 0 Å². The van der Waals surface area contributed by atoms with E-state index in [9.17, 15) is 9.59 Å². The van der Waals surface area contributed by atoms with Crippen LogP contribution in [0.25, 0.3) is 92.8 Å². The molecule has 3 heteroatoms. The van der Waals surface area contributed by atoms with Crippen LogP contribution in [0, 0.1) is 0 Å². The van der Waals surface area contributed by atoms with Crippen molar-refractivity contribution in [1.29, 1.82) is 0 Å². The highest BCUT2D eigenvalue weighted by atomic mass is 16.2. The molecule has 3 nitrogen and oxygen atoms in total. The summed E-state index contributed by atoms with van der Waals surface area (Å²) in [5, 5.41) is 13.5. The number of fused-ring (bicyclic) bond motifs is 6. The van der Waals surface area contributed by atoms with Crippen LogP contribution in [0.15, 0.2) is 122 Å². The second-order valence-corrected chi connectivity index (χ2v) is 12.3. The molecule has 2 amide bonds. The minimum absolute atomic E-state index is 0.341. The number of hydrogen-bond acceptors (Lipinski definition) is 2. The first-order chi connectivity index (χ1) is 22.6. The lowest BCUT2D eigenvalue weighted by Gasteiger charge is -2.21. The average Bonchev–Trinajstić information content (AvgIpc) is 3.43. The number of benzene rings is 8. The van der Waals surface area contributed by atoms with Gasteiger partial charge in [0.2, 0.25) is 0 Å². The Morgan fingerprint density at radius 1 is 0.522 bits per heavy atom. The number of nitrogens with one attached hydrogen (secondary N) is 1. The van der Waals surface area contributed by atoms with Crippen LogP contribution in [-0.4, -0.2) is 11.8 Å². The second-order valence-electron chi connectivity index (χ2n) is 12.3. The summed E-state index contributed by atoms with van der Waals surface area (Å²) in [7, 11) is 0. The number of imide groups is 1. The minimum Gasteiger partial charge on any atom is -0.288 e. The predicted molar refractivity (Wildman–Crippen MR) is 191 cm³/mol. The Bertz CT molecular complexity index is 2700. The van der Waals surface area contributed by atoms with Gasteiger partial charge < -0.3 is 0 Å². The van der Waals surface area contributed by atoms with Crippen molar-refractivity contribution in [3.05, 3.63) is 139 Å². The number of allylic oxidation sites excluding steroid dienone is 3. The average molecular weight is 588 g/mol. The van der Waals surface area contributed by atoms with Gasteiger partial charge in [-0.2, -0.15) is 0 Å². The lowest BCUT2D eigenvalue weighted by Crippen LogP contribution is -2.34. The topological polar surface area (TPSA) is 46.2 Å². The molecule has 2 aliphatic rings. The van der Waals surface area contributed by atoms with Crippen LogP contribution in [0.1, 0.15) is 33.2 Å². The molecule has 1 aliphatic carbocycles. The molecule has 214 valence electrons. The largest absolute Gasteiger partial charge is 0.288 e. The molecule has 46 heavy (non-hydrogen) atoms. The summed E-state index contributed by atoms with van der Waals surface area (Å²) < 4.78 is 0. The molecule has 1 heterocycles. The Morgan fingerprint density at radius 2 is 1.02 bits per heavy atom. The molecule has 1 aliphatic heterocycles. The molecular weight excluding hydrogens is 562 g/mol. The summed E-state index contributed by atoms with van der Waals surface area (Å²) in [4.78, 5) is 25.8. The van der Waals surface area contributed by atoms with Crippen molar-refractivity contribution in [2.24, 2.45) is 0 Å². The molecule has 8 aromatic rings. The Hall–Kier alpha value is -6.06. The summed E-state index contributed by atoms with van der Waals surface area (Å²) >= 11 is 0. The van der Waals surface area contributed by atoms with Crippen molar-refractivity contribution in [1.82, 2.24) is 5.32 Å². The molecule has 0 atom stereocenters. The maximum absolute atomic E-state index is 12.9. The zero-order valence-electron chi connectivity index (χ0n) is 25.0. The molecule has 1 N–H and O–H groups in total. The van der Waals surface area contributed by atoms with Gasteiger partial charge in [0.1, 0.15) is 0 Å². The standard InChI is InChI=1S/C43H25NO2/c1-3-22(4-2)34-24-12-8-9-13-25(24)35(23-10-6-5-7-11-23)41-31-19-15-27-29-17-21-33-39-32(42(45)44-43(33)46)20-16-28(37(29)39)26-14-18-30(40(34)41)38(31)36(26)27/h3-21H,1H2,2H3,(H,44,45,46). The van der Waals surface area contributed by atoms with Gasteiger partial charge in [0, 0.05) is 16.5 Å². The predicted octanol–water partition coefficient (Wildman–Crippen LogP) is 10.7. The summed E-state index contributed by atoms with van der Waals surface area (Å²) in [6.45, 7) is 6.32. The van der Waals surface area contributed by atoms with E-state index in [1.165, 1.54) is 60.5 Å². The first-order valence-corrected chi connectivity index (χ1v) is 15.6. The Kier molecular flexibility index (Phi) is 4.82. The van der Waals surface area contributed by atoms with Crippen LogP contribution in [0.3, 0.4) is 0 Å². The van der Waals surface area contributed by atoms with E-state index in [4.69, 9.17) is 0 Å². The number of amides is 2. The van der Waals surface area contributed by atoms with Gasteiger partial charge in [0.25, 0.3) is 11.8 Å². The number of carbonyl (C=O) groups excluding carboxylic acids is 2. The Balaban J connectivity index is 1.44. The molecule has 8 aromatic carbocycles. The lowest BCUT2D eigenvalue weighted by molar-refractivity contribution is 0.0845. The van der Waals surface area contributed by atoms with E-state index in [1.54, 1.807) is 0 Å². The van der Waals surface area contributed by atoms with E-state index in [2.05, 4.69) is 116 Å². The first-order valence-electron chi connectivity index (χ1n) is 15.6. The van der Waals surface area contributed by atoms with Crippen LogP contribution < -0.4 is 5.32 Å². The van der Waals surface area contributed by atoms with Crippen LogP contribution in [0.4, 0.5) is 0 Å². The highest BCUT2D eigenvalue weighted by molar-refractivity contribution is 6.41. The molecule has 0 bridgehead atoms. The smallest absolute Gasteiger partial charge is 0.258 e. The fourth-order valence-corrected chi connectivity index (χ4v) is 8.47. The third-order valence-electron chi connectivity index (χ3n) is 10.3. The van der Waals surface area contributed by atoms with Crippen molar-refractivity contribution >= 4 is 71.2 Å². The zero-order chi connectivity index (χ0) is 30.8. The van der Waals surface area contributed by atoms with E-state index in [0.29, 0.717) is 11.1 Å². The van der Waals surface area contributed by atoms with Crippen molar-refractivity contribution in [3.63, 3.8) is 0 Å². The molecule has 0 radical (unpaired) electrons. The van der Waals surface area contributed by atoms with Gasteiger partial charge in [0.05, 0.1) is 0 Å². The van der Waals surface area contributed by atoms with Crippen molar-refractivity contribution in [3.8, 4) is 33.4 Å². The third kappa shape index (κ3) is 2.93. The highest BCUT2D eigenvalue weighted by Gasteiger charge is 2.33. The number of carbonyl (C=O) groups is 2. The van der Waals surface area contributed by atoms with Gasteiger partial charge in [0.15, 0.2) is 0 Å². The molecule has 0 saturated heterocycles. The third-order valence-corrected chi connectivity index (χ3v) is 10.3.